The quantitative estimate of drug-likeness (QED) is 0.649. The highest BCUT2D eigenvalue weighted by Crippen LogP contribution is 2.27. The first-order valence-corrected chi connectivity index (χ1v) is 8.98. The van der Waals surface area contributed by atoms with Crippen LogP contribution >= 0.6 is 23.2 Å². The van der Waals surface area contributed by atoms with Crippen LogP contribution in [0.4, 0.5) is 5.69 Å². The van der Waals surface area contributed by atoms with E-state index in [1.807, 2.05) is 30.7 Å². The Hall–Kier alpha value is -2.30. The van der Waals surface area contributed by atoms with Crippen LogP contribution in [-0.2, 0) is 6.54 Å². The number of nitrogens with one attached hydrogen (secondary N) is 1. The van der Waals surface area contributed by atoms with Gasteiger partial charge in [-0.05, 0) is 44.0 Å². The fraction of sp³-hybridized carbons (Fsp3) is 0.200. The number of rotatable bonds is 4. The molecule has 0 saturated carbocycles. The molecule has 0 aliphatic carbocycles. The molecule has 1 aromatic heterocycles. The minimum absolute atomic E-state index is 0.245. The van der Waals surface area contributed by atoms with Crippen LogP contribution in [0, 0.1) is 20.8 Å². The molecule has 0 bridgehead atoms. The van der Waals surface area contributed by atoms with Crippen molar-refractivity contribution >= 4 is 34.8 Å². The summed E-state index contributed by atoms with van der Waals surface area (Å²) in [5.41, 5.74) is 5.06. The van der Waals surface area contributed by atoms with Gasteiger partial charge in [0.2, 0.25) is 0 Å². The summed E-state index contributed by atoms with van der Waals surface area (Å²) in [4.78, 5) is 12.6. The second-order valence-electron chi connectivity index (χ2n) is 6.19. The SMILES string of the molecule is Cc1ccccc1Cn1nc(C)c(NC(=O)c2cccc(Cl)c2Cl)c1C. The summed E-state index contributed by atoms with van der Waals surface area (Å²) in [5.74, 6) is -0.306. The molecule has 6 heteroatoms. The van der Waals surface area contributed by atoms with E-state index in [1.54, 1.807) is 18.2 Å². The Bertz CT molecular complexity index is 979. The molecule has 3 rings (SSSR count). The smallest absolute Gasteiger partial charge is 0.257 e. The summed E-state index contributed by atoms with van der Waals surface area (Å²) >= 11 is 12.2. The first kappa shape index (κ1) is 18.5. The van der Waals surface area contributed by atoms with Crippen LogP contribution in [0.25, 0.3) is 0 Å². The summed E-state index contributed by atoms with van der Waals surface area (Å²) in [6, 6.07) is 13.2. The summed E-state index contributed by atoms with van der Waals surface area (Å²) in [7, 11) is 0. The second kappa shape index (κ2) is 7.52. The second-order valence-corrected chi connectivity index (χ2v) is 6.97. The van der Waals surface area contributed by atoms with Crippen LogP contribution in [-0.4, -0.2) is 15.7 Å². The number of halogens is 2. The minimum Gasteiger partial charge on any atom is -0.319 e. The van der Waals surface area contributed by atoms with E-state index in [0.717, 1.165) is 11.4 Å². The molecule has 0 unspecified atom stereocenters. The lowest BCUT2D eigenvalue weighted by Gasteiger charge is -2.10. The van der Waals surface area contributed by atoms with Crippen LogP contribution in [0.3, 0.4) is 0 Å². The predicted octanol–water partition coefficient (Wildman–Crippen LogP) is 5.42. The zero-order valence-corrected chi connectivity index (χ0v) is 16.3. The van der Waals surface area contributed by atoms with E-state index >= 15 is 0 Å². The van der Waals surface area contributed by atoms with Crippen molar-refractivity contribution in [1.29, 1.82) is 0 Å². The van der Waals surface area contributed by atoms with Gasteiger partial charge in [0.1, 0.15) is 0 Å². The molecule has 0 aliphatic heterocycles. The number of benzene rings is 2. The number of aryl methyl sites for hydroxylation is 2. The first-order valence-electron chi connectivity index (χ1n) is 8.22. The molecule has 0 spiro atoms. The van der Waals surface area contributed by atoms with E-state index in [-0.39, 0.29) is 10.9 Å². The average Bonchev–Trinajstić information content (AvgIpc) is 2.87. The van der Waals surface area contributed by atoms with Crippen LogP contribution in [0.1, 0.15) is 32.9 Å². The molecule has 0 aliphatic rings. The Morgan fingerprint density at radius 2 is 1.81 bits per heavy atom. The van der Waals surface area contributed by atoms with E-state index in [1.165, 1.54) is 11.1 Å². The van der Waals surface area contributed by atoms with Crippen molar-refractivity contribution in [2.45, 2.75) is 27.3 Å². The van der Waals surface area contributed by atoms with Gasteiger partial charge in [-0.3, -0.25) is 9.48 Å². The number of carbonyl (C=O) groups excluding carboxylic acids is 1. The summed E-state index contributed by atoms with van der Waals surface area (Å²) in [5, 5.41) is 8.09. The third kappa shape index (κ3) is 3.62. The summed E-state index contributed by atoms with van der Waals surface area (Å²) < 4.78 is 1.90. The van der Waals surface area contributed by atoms with Crippen molar-refractivity contribution in [2.24, 2.45) is 0 Å². The number of nitrogens with zero attached hydrogens (tertiary/aromatic N) is 2. The molecule has 0 radical (unpaired) electrons. The van der Waals surface area contributed by atoms with Crippen molar-refractivity contribution in [3.8, 4) is 0 Å². The van der Waals surface area contributed by atoms with Crippen molar-refractivity contribution < 1.29 is 4.79 Å². The van der Waals surface area contributed by atoms with Gasteiger partial charge in [0.15, 0.2) is 0 Å². The molecule has 4 nitrogen and oxygen atoms in total. The summed E-state index contributed by atoms with van der Waals surface area (Å²) in [6.45, 7) is 6.53. The van der Waals surface area contributed by atoms with Gasteiger partial charge in [0.25, 0.3) is 5.91 Å². The van der Waals surface area contributed by atoms with Crippen LogP contribution < -0.4 is 5.32 Å². The molecule has 1 N–H and O–H groups in total. The number of hydrogen-bond acceptors (Lipinski definition) is 2. The van der Waals surface area contributed by atoms with E-state index in [9.17, 15) is 4.79 Å². The van der Waals surface area contributed by atoms with E-state index in [2.05, 4.69) is 29.5 Å². The third-order valence-corrected chi connectivity index (χ3v) is 5.22. The molecule has 1 amide bonds. The number of hydrogen-bond donors (Lipinski definition) is 1. The molecular formula is C20H19Cl2N3O. The largest absolute Gasteiger partial charge is 0.319 e. The highest BCUT2D eigenvalue weighted by atomic mass is 35.5. The molecule has 0 fully saturated rings. The van der Waals surface area contributed by atoms with Crippen molar-refractivity contribution in [3.05, 3.63) is 80.6 Å². The van der Waals surface area contributed by atoms with Gasteiger partial charge in [0, 0.05) is 0 Å². The molecular weight excluding hydrogens is 369 g/mol. The Labute approximate surface area is 162 Å². The zero-order valence-electron chi connectivity index (χ0n) is 14.8. The topological polar surface area (TPSA) is 46.9 Å². The molecule has 1 heterocycles. The maximum Gasteiger partial charge on any atom is 0.257 e. The number of aromatic nitrogens is 2. The van der Waals surface area contributed by atoms with Gasteiger partial charge in [-0.25, -0.2) is 0 Å². The van der Waals surface area contributed by atoms with Crippen LogP contribution in [0.5, 0.6) is 0 Å². The number of carbonyl (C=O) groups is 1. The van der Waals surface area contributed by atoms with Gasteiger partial charge < -0.3 is 5.32 Å². The van der Waals surface area contributed by atoms with E-state index in [4.69, 9.17) is 23.2 Å². The van der Waals surface area contributed by atoms with Crippen LogP contribution in [0.15, 0.2) is 42.5 Å². The minimum atomic E-state index is -0.306. The normalized spacial score (nSPS) is 10.8. The fourth-order valence-corrected chi connectivity index (χ4v) is 3.23. The van der Waals surface area contributed by atoms with Gasteiger partial charge in [-0.15, -0.1) is 0 Å². The molecule has 0 saturated heterocycles. The molecule has 3 aromatic rings. The standard InChI is InChI=1S/C20H19Cl2N3O/c1-12-7-4-5-8-15(12)11-25-14(3)19(13(2)24-25)23-20(26)16-9-6-10-17(21)18(16)22/h4-10H,11H2,1-3H3,(H,23,26). The number of anilines is 1. The van der Waals surface area contributed by atoms with Crippen molar-refractivity contribution in [3.63, 3.8) is 0 Å². The van der Waals surface area contributed by atoms with E-state index < -0.39 is 0 Å². The maximum atomic E-state index is 12.6. The lowest BCUT2D eigenvalue weighted by atomic mass is 10.1. The van der Waals surface area contributed by atoms with Gasteiger partial charge in [-0.2, -0.15) is 5.10 Å². The lowest BCUT2D eigenvalue weighted by molar-refractivity contribution is 0.102. The Morgan fingerprint density at radius 3 is 2.54 bits per heavy atom. The molecule has 0 atom stereocenters. The predicted molar refractivity (Wildman–Crippen MR) is 106 cm³/mol. The molecule has 2 aromatic carbocycles. The van der Waals surface area contributed by atoms with Crippen molar-refractivity contribution in [2.75, 3.05) is 5.32 Å². The summed E-state index contributed by atoms with van der Waals surface area (Å²) in [6.07, 6.45) is 0. The fourth-order valence-electron chi connectivity index (χ4n) is 2.84. The van der Waals surface area contributed by atoms with Gasteiger partial charge in [-0.1, -0.05) is 53.5 Å². The molecule has 26 heavy (non-hydrogen) atoms. The highest BCUT2D eigenvalue weighted by Gasteiger charge is 2.18. The first-order chi connectivity index (χ1) is 12.4. The third-order valence-electron chi connectivity index (χ3n) is 4.40. The van der Waals surface area contributed by atoms with Gasteiger partial charge in [0.05, 0.1) is 39.2 Å². The van der Waals surface area contributed by atoms with Crippen LogP contribution in [0.2, 0.25) is 10.0 Å². The highest BCUT2D eigenvalue weighted by molar-refractivity contribution is 6.44. The Morgan fingerprint density at radius 1 is 1.08 bits per heavy atom. The Kier molecular flexibility index (Phi) is 5.35. The van der Waals surface area contributed by atoms with E-state index in [0.29, 0.717) is 22.8 Å². The molecule has 134 valence electrons. The monoisotopic (exact) mass is 387 g/mol. The lowest BCUT2D eigenvalue weighted by Crippen LogP contribution is -2.14. The van der Waals surface area contributed by atoms with Crippen molar-refractivity contribution in [1.82, 2.24) is 9.78 Å². The Balaban J connectivity index is 1.88. The number of amides is 1. The van der Waals surface area contributed by atoms with Gasteiger partial charge >= 0.3 is 0 Å². The average molecular weight is 388 g/mol. The zero-order chi connectivity index (χ0) is 18.8. The maximum absolute atomic E-state index is 12.6.